The van der Waals surface area contributed by atoms with E-state index in [0.29, 0.717) is 17.6 Å². The molecule has 1 unspecified atom stereocenters. The lowest BCUT2D eigenvalue weighted by molar-refractivity contribution is -0.126. The molecule has 0 bridgehead atoms. The number of hydrogen-bond acceptors (Lipinski definition) is 2. The molecular formula is C12H21NO. The quantitative estimate of drug-likeness (QED) is 0.731. The van der Waals surface area contributed by atoms with Crippen LogP contribution in [-0.2, 0) is 4.79 Å². The summed E-state index contributed by atoms with van der Waals surface area (Å²) in [4.78, 5) is 12.1. The first-order chi connectivity index (χ1) is 6.88. The first kappa shape index (κ1) is 10.2. The summed E-state index contributed by atoms with van der Waals surface area (Å²) in [5.41, 5.74) is 0. The largest absolute Gasteiger partial charge is 0.317 e. The van der Waals surface area contributed by atoms with Crippen LogP contribution in [0.5, 0.6) is 0 Å². The third-order valence-corrected chi connectivity index (χ3v) is 3.74. The number of nitrogens with one attached hydrogen (secondary N) is 1. The standard InChI is InChI=1S/C12H21NO/c14-12(10-4-1-2-5-10)11-6-3-8-13-9-7-11/h10-11,13H,1-9H2. The molecule has 0 amide bonds. The van der Waals surface area contributed by atoms with E-state index < -0.39 is 0 Å². The highest BCUT2D eigenvalue weighted by atomic mass is 16.1. The second-order valence-corrected chi connectivity index (χ2v) is 4.76. The number of hydrogen-bond donors (Lipinski definition) is 1. The minimum absolute atomic E-state index is 0.382. The van der Waals surface area contributed by atoms with Crippen LogP contribution in [-0.4, -0.2) is 18.9 Å². The minimum atomic E-state index is 0.382. The highest BCUT2D eigenvalue weighted by Crippen LogP contribution is 2.30. The zero-order valence-corrected chi connectivity index (χ0v) is 8.93. The van der Waals surface area contributed by atoms with Gasteiger partial charge >= 0.3 is 0 Å². The maximum Gasteiger partial charge on any atom is 0.139 e. The Balaban J connectivity index is 1.88. The Morgan fingerprint density at radius 3 is 2.29 bits per heavy atom. The van der Waals surface area contributed by atoms with Crippen molar-refractivity contribution in [1.29, 1.82) is 0 Å². The summed E-state index contributed by atoms with van der Waals surface area (Å²) < 4.78 is 0. The Kier molecular flexibility index (Phi) is 3.57. The molecule has 2 nitrogen and oxygen atoms in total. The molecule has 1 saturated heterocycles. The van der Waals surface area contributed by atoms with E-state index in [0.717, 1.165) is 25.9 Å². The Morgan fingerprint density at radius 2 is 1.50 bits per heavy atom. The van der Waals surface area contributed by atoms with Gasteiger partial charge in [-0.05, 0) is 45.2 Å². The van der Waals surface area contributed by atoms with Gasteiger partial charge in [-0.2, -0.15) is 0 Å². The normalized spacial score (nSPS) is 30.1. The number of carbonyl (C=O) groups excluding carboxylic acids is 1. The fourth-order valence-electron chi connectivity index (χ4n) is 2.85. The van der Waals surface area contributed by atoms with Gasteiger partial charge in [0.05, 0.1) is 0 Å². The fraction of sp³-hybridized carbons (Fsp3) is 0.917. The van der Waals surface area contributed by atoms with E-state index in [1.165, 1.54) is 32.1 Å². The van der Waals surface area contributed by atoms with Gasteiger partial charge in [0.1, 0.15) is 5.78 Å². The van der Waals surface area contributed by atoms with Crippen molar-refractivity contribution in [1.82, 2.24) is 5.32 Å². The van der Waals surface area contributed by atoms with E-state index in [1.807, 2.05) is 0 Å². The molecule has 2 aliphatic rings. The molecule has 80 valence electrons. The van der Waals surface area contributed by atoms with E-state index in [9.17, 15) is 4.79 Å². The predicted octanol–water partition coefficient (Wildman–Crippen LogP) is 2.14. The van der Waals surface area contributed by atoms with E-state index in [2.05, 4.69) is 5.32 Å². The van der Waals surface area contributed by atoms with Crippen molar-refractivity contribution in [3.63, 3.8) is 0 Å². The molecule has 1 N–H and O–H groups in total. The topological polar surface area (TPSA) is 29.1 Å². The van der Waals surface area contributed by atoms with Gasteiger partial charge in [-0.25, -0.2) is 0 Å². The van der Waals surface area contributed by atoms with Gasteiger partial charge in [0.15, 0.2) is 0 Å². The Labute approximate surface area is 86.5 Å². The summed E-state index contributed by atoms with van der Waals surface area (Å²) in [6.07, 6.45) is 8.29. The van der Waals surface area contributed by atoms with Crippen molar-refractivity contribution in [3.8, 4) is 0 Å². The molecule has 0 aromatic rings. The monoisotopic (exact) mass is 195 g/mol. The van der Waals surface area contributed by atoms with Crippen LogP contribution in [0.4, 0.5) is 0 Å². The zero-order valence-electron chi connectivity index (χ0n) is 8.93. The van der Waals surface area contributed by atoms with Crippen LogP contribution >= 0.6 is 0 Å². The van der Waals surface area contributed by atoms with Crippen molar-refractivity contribution in [2.24, 2.45) is 11.8 Å². The highest BCUT2D eigenvalue weighted by molar-refractivity contribution is 5.83. The minimum Gasteiger partial charge on any atom is -0.317 e. The molecule has 0 aromatic heterocycles. The summed E-state index contributed by atoms with van der Waals surface area (Å²) in [6.45, 7) is 2.15. The summed E-state index contributed by atoms with van der Waals surface area (Å²) in [5.74, 6) is 1.40. The molecular weight excluding hydrogens is 174 g/mol. The first-order valence-corrected chi connectivity index (χ1v) is 6.12. The van der Waals surface area contributed by atoms with Gasteiger partial charge in [0, 0.05) is 11.8 Å². The second-order valence-electron chi connectivity index (χ2n) is 4.76. The lowest BCUT2D eigenvalue weighted by Crippen LogP contribution is -2.23. The molecule has 1 saturated carbocycles. The van der Waals surface area contributed by atoms with E-state index >= 15 is 0 Å². The molecule has 1 aliphatic carbocycles. The molecule has 2 heteroatoms. The van der Waals surface area contributed by atoms with Gasteiger partial charge < -0.3 is 5.32 Å². The van der Waals surface area contributed by atoms with Crippen LogP contribution < -0.4 is 5.32 Å². The number of Topliss-reactive ketones (excluding diaryl/α,β-unsaturated/α-hetero) is 1. The summed E-state index contributed by atoms with van der Waals surface area (Å²) >= 11 is 0. The van der Waals surface area contributed by atoms with Gasteiger partial charge in [-0.3, -0.25) is 4.79 Å². The number of carbonyl (C=O) groups is 1. The molecule has 0 spiro atoms. The third-order valence-electron chi connectivity index (χ3n) is 3.74. The van der Waals surface area contributed by atoms with Crippen LogP contribution in [0.1, 0.15) is 44.9 Å². The van der Waals surface area contributed by atoms with E-state index in [-0.39, 0.29) is 0 Å². The van der Waals surface area contributed by atoms with Crippen molar-refractivity contribution in [2.45, 2.75) is 44.9 Å². The summed E-state index contributed by atoms with van der Waals surface area (Å²) in [7, 11) is 0. The second kappa shape index (κ2) is 4.92. The molecule has 0 aromatic carbocycles. The van der Waals surface area contributed by atoms with Crippen LogP contribution in [0.25, 0.3) is 0 Å². The zero-order chi connectivity index (χ0) is 9.80. The number of rotatable bonds is 2. The van der Waals surface area contributed by atoms with Gasteiger partial charge in [0.2, 0.25) is 0 Å². The smallest absolute Gasteiger partial charge is 0.139 e. The molecule has 14 heavy (non-hydrogen) atoms. The Morgan fingerprint density at radius 1 is 0.857 bits per heavy atom. The van der Waals surface area contributed by atoms with Crippen molar-refractivity contribution in [2.75, 3.05) is 13.1 Å². The lowest BCUT2D eigenvalue weighted by Gasteiger charge is -2.16. The van der Waals surface area contributed by atoms with Crippen molar-refractivity contribution in [3.05, 3.63) is 0 Å². The molecule has 2 fully saturated rings. The van der Waals surface area contributed by atoms with Crippen molar-refractivity contribution < 1.29 is 4.79 Å². The predicted molar refractivity (Wildman–Crippen MR) is 57.2 cm³/mol. The lowest BCUT2D eigenvalue weighted by atomic mass is 9.87. The summed E-state index contributed by atoms with van der Waals surface area (Å²) in [6, 6.07) is 0. The average molecular weight is 195 g/mol. The number of ketones is 1. The van der Waals surface area contributed by atoms with Gasteiger partial charge in [-0.15, -0.1) is 0 Å². The molecule has 1 aliphatic heterocycles. The molecule has 0 radical (unpaired) electrons. The van der Waals surface area contributed by atoms with E-state index in [4.69, 9.17) is 0 Å². The maximum absolute atomic E-state index is 12.1. The van der Waals surface area contributed by atoms with E-state index in [1.54, 1.807) is 0 Å². The fourth-order valence-corrected chi connectivity index (χ4v) is 2.85. The third kappa shape index (κ3) is 2.35. The molecule has 2 rings (SSSR count). The van der Waals surface area contributed by atoms with Gasteiger partial charge in [-0.1, -0.05) is 12.8 Å². The Hall–Kier alpha value is -0.370. The Bertz CT molecular complexity index is 188. The average Bonchev–Trinajstić information content (AvgIpc) is 2.59. The van der Waals surface area contributed by atoms with Gasteiger partial charge in [0.25, 0.3) is 0 Å². The maximum atomic E-state index is 12.1. The van der Waals surface area contributed by atoms with Crippen LogP contribution in [0.15, 0.2) is 0 Å². The molecule has 1 heterocycles. The highest BCUT2D eigenvalue weighted by Gasteiger charge is 2.29. The van der Waals surface area contributed by atoms with Crippen LogP contribution in [0, 0.1) is 11.8 Å². The SMILES string of the molecule is O=C(C1CCCC1)C1CCCNCC1. The first-order valence-electron chi connectivity index (χ1n) is 6.12. The molecule has 1 atom stereocenters. The van der Waals surface area contributed by atoms with Crippen LogP contribution in [0.2, 0.25) is 0 Å². The summed E-state index contributed by atoms with van der Waals surface area (Å²) in [5, 5.41) is 3.37. The van der Waals surface area contributed by atoms with Crippen molar-refractivity contribution >= 4 is 5.78 Å². The van der Waals surface area contributed by atoms with Crippen LogP contribution in [0.3, 0.4) is 0 Å².